The van der Waals surface area contributed by atoms with Crippen LogP contribution in [0.25, 0.3) is 5.76 Å². The monoisotopic (exact) mass is 521 g/mol. The highest BCUT2D eigenvalue weighted by molar-refractivity contribution is 6.46. The smallest absolute Gasteiger partial charge is 0.295 e. The SMILES string of the molecule is COc1c(Cl)cc(C)cc1/C(O)=C1\C(=O)C(=O)N(Cc2ccc(F)cc2)C1c1ccc(C(C)(C)C)cc1. The molecule has 0 bridgehead atoms. The van der Waals surface area contributed by atoms with E-state index in [1.54, 1.807) is 31.2 Å². The molecule has 0 radical (unpaired) electrons. The van der Waals surface area contributed by atoms with Gasteiger partial charge in [0.1, 0.15) is 17.3 Å². The number of ketones is 1. The number of nitrogens with zero attached hydrogens (tertiary/aromatic N) is 1. The molecule has 4 rings (SSSR count). The highest BCUT2D eigenvalue weighted by Crippen LogP contribution is 2.43. The number of likely N-dealkylation sites (tertiary alicyclic amines) is 1. The van der Waals surface area contributed by atoms with Crippen LogP contribution in [0.2, 0.25) is 5.02 Å². The maximum absolute atomic E-state index is 13.5. The Morgan fingerprint density at radius 1 is 1.05 bits per heavy atom. The summed E-state index contributed by atoms with van der Waals surface area (Å²) in [5, 5.41) is 11.8. The summed E-state index contributed by atoms with van der Waals surface area (Å²) in [6.45, 7) is 8.14. The maximum atomic E-state index is 13.5. The van der Waals surface area contributed by atoms with Gasteiger partial charge in [0.25, 0.3) is 11.7 Å². The van der Waals surface area contributed by atoms with Crippen molar-refractivity contribution in [1.82, 2.24) is 4.90 Å². The minimum atomic E-state index is -0.872. The molecule has 1 heterocycles. The largest absolute Gasteiger partial charge is 0.507 e. The number of carbonyl (C=O) groups is 2. The number of carbonyl (C=O) groups excluding carboxylic acids is 2. The van der Waals surface area contributed by atoms with E-state index >= 15 is 0 Å². The number of ether oxygens (including phenoxy) is 1. The zero-order chi connectivity index (χ0) is 27.1. The van der Waals surface area contributed by atoms with E-state index in [1.807, 2.05) is 24.3 Å². The van der Waals surface area contributed by atoms with Gasteiger partial charge in [0.2, 0.25) is 0 Å². The molecule has 1 N–H and O–H groups in total. The second-order valence-corrected chi connectivity index (χ2v) is 10.7. The van der Waals surface area contributed by atoms with Gasteiger partial charge in [0.15, 0.2) is 0 Å². The van der Waals surface area contributed by atoms with Crippen LogP contribution in [0.5, 0.6) is 5.75 Å². The molecule has 7 heteroatoms. The fraction of sp³-hybridized carbons (Fsp3) is 0.267. The Balaban J connectivity index is 1.92. The van der Waals surface area contributed by atoms with Gasteiger partial charge in [0.05, 0.1) is 29.3 Å². The van der Waals surface area contributed by atoms with Gasteiger partial charge in [-0.2, -0.15) is 0 Å². The summed E-state index contributed by atoms with van der Waals surface area (Å²) in [7, 11) is 1.42. The molecule has 1 fully saturated rings. The van der Waals surface area contributed by atoms with Gasteiger partial charge in [-0.3, -0.25) is 9.59 Å². The van der Waals surface area contributed by atoms with E-state index in [1.165, 1.54) is 24.1 Å². The molecule has 0 aliphatic carbocycles. The first kappa shape index (κ1) is 26.4. The van der Waals surface area contributed by atoms with Crippen LogP contribution in [0.4, 0.5) is 4.39 Å². The molecule has 1 aliphatic rings. The standard InChI is InChI=1S/C30H29ClFNO4/c1-17-14-22(28(37-5)23(31)15-17)26(34)24-25(19-8-10-20(11-9-19)30(2,3)4)33(29(36)27(24)35)16-18-6-12-21(32)13-7-18/h6-15,25,34H,16H2,1-5H3/b26-24+. The van der Waals surface area contributed by atoms with Crippen LogP contribution in [0.3, 0.4) is 0 Å². The molecular formula is C30H29ClFNO4. The summed E-state index contributed by atoms with van der Waals surface area (Å²) in [5.41, 5.74) is 3.21. The molecule has 0 aromatic heterocycles. The number of Topliss-reactive ketones (excluding diaryl/α,β-unsaturated/α-hetero) is 1. The van der Waals surface area contributed by atoms with Crippen molar-refractivity contribution in [3.63, 3.8) is 0 Å². The van der Waals surface area contributed by atoms with E-state index < -0.39 is 23.5 Å². The third-order valence-electron chi connectivity index (χ3n) is 6.55. The summed E-state index contributed by atoms with van der Waals surface area (Å²) in [6, 6.07) is 15.9. The third kappa shape index (κ3) is 5.12. The molecule has 1 unspecified atom stereocenters. The zero-order valence-electron chi connectivity index (χ0n) is 21.4. The third-order valence-corrected chi connectivity index (χ3v) is 6.83. The minimum absolute atomic E-state index is 0.0546. The number of benzene rings is 3. The second kappa shape index (κ2) is 10.0. The normalized spacial score (nSPS) is 17.4. The lowest BCUT2D eigenvalue weighted by Crippen LogP contribution is -2.29. The molecule has 1 atom stereocenters. The molecule has 3 aromatic carbocycles. The van der Waals surface area contributed by atoms with Gasteiger partial charge in [-0.15, -0.1) is 0 Å². The topological polar surface area (TPSA) is 66.8 Å². The highest BCUT2D eigenvalue weighted by Gasteiger charge is 2.46. The number of rotatable bonds is 5. The lowest BCUT2D eigenvalue weighted by Gasteiger charge is -2.27. The number of aryl methyl sites for hydroxylation is 1. The van der Waals surface area contributed by atoms with Gasteiger partial charge in [-0.05, 0) is 58.9 Å². The summed E-state index contributed by atoms with van der Waals surface area (Å²) >= 11 is 6.36. The average molecular weight is 522 g/mol. The van der Waals surface area contributed by atoms with Crippen molar-refractivity contribution in [1.29, 1.82) is 0 Å². The molecule has 3 aromatic rings. The Morgan fingerprint density at radius 3 is 2.24 bits per heavy atom. The predicted molar refractivity (Wildman–Crippen MR) is 142 cm³/mol. The molecule has 192 valence electrons. The number of methoxy groups -OCH3 is 1. The van der Waals surface area contributed by atoms with E-state index in [0.29, 0.717) is 11.1 Å². The van der Waals surface area contributed by atoms with Crippen molar-refractivity contribution in [2.75, 3.05) is 7.11 Å². The summed E-state index contributed by atoms with van der Waals surface area (Å²) < 4.78 is 18.9. The summed E-state index contributed by atoms with van der Waals surface area (Å²) in [5.74, 6) is -2.13. The Bertz CT molecular complexity index is 1390. The Kier molecular flexibility index (Phi) is 7.16. The molecular weight excluding hydrogens is 493 g/mol. The quantitative estimate of drug-likeness (QED) is 0.230. The highest BCUT2D eigenvalue weighted by atomic mass is 35.5. The van der Waals surface area contributed by atoms with Gasteiger partial charge in [-0.1, -0.05) is 68.8 Å². The van der Waals surface area contributed by atoms with Crippen molar-refractivity contribution >= 4 is 29.1 Å². The van der Waals surface area contributed by atoms with Gasteiger partial charge >= 0.3 is 0 Å². The van der Waals surface area contributed by atoms with Crippen LogP contribution in [-0.2, 0) is 21.5 Å². The van der Waals surface area contributed by atoms with Crippen molar-refractivity contribution < 1.29 is 23.8 Å². The maximum Gasteiger partial charge on any atom is 0.295 e. The number of amides is 1. The number of aliphatic hydroxyl groups is 1. The lowest BCUT2D eigenvalue weighted by molar-refractivity contribution is -0.140. The Morgan fingerprint density at radius 2 is 1.68 bits per heavy atom. The van der Waals surface area contributed by atoms with E-state index in [-0.39, 0.29) is 39.6 Å². The van der Waals surface area contributed by atoms with Crippen LogP contribution in [0.15, 0.2) is 66.2 Å². The van der Waals surface area contributed by atoms with E-state index in [0.717, 1.165) is 11.1 Å². The summed E-state index contributed by atoms with van der Waals surface area (Å²) in [6.07, 6.45) is 0. The number of hydrogen-bond acceptors (Lipinski definition) is 4. The second-order valence-electron chi connectivity index (χ2n) is 10.3. The Labute approximate surface area is 221 Å². The number of halogens is 2. The van der Waals surface area contributed by atoms with E-state index in [2.05, 4.69) is 20.8 Å². The number of aliphatic hydroxyl groups excluding tert-OH is 1. The van der Waals surface area contributed by atoms with E-state index in [9.17, 15) is 19.1 Å². The van der Waals surface area contributed by atoms with Gasteiger partial charge < -0.3 is 14.7 Å². The van der Waals surface area contributed by atoms with Gasteiger partial charge in [-0.25, -0.2) is 4.39 Å². The molecule has 1 amide bonds. The first-order valence-corrected chi connectivity index (χ1v) is 12.3. The van der Waals surface area contributed by atoms with Crippen LogP contribution in [-0.4, -0.2) is 28.8 Å². The molecule has 0 spiro atoms. The average Bonchev–Trinajstić information content (AvgIpc) is 3.09. The van der Waals surface area contributed by atoms with Gasteiger partial charge in [0, 0.05) is 6.54 Å². The van der Waals surface area contributed by atoms with Crippen molar-refractivity contribution in [2.45, 2.75) is 45.7 Å². The first-order valence-electron chi connectivity index (χ1n) is 11.9. The van der Waals surface area contributed by atoms with Crippen LogP contribution in [0.1, 0.15) is 54.6 Å². The molecule has 37 heavy (non-hydrogen) atoms. The van der Waals surface area contributed by atoms with Crippen LogP contribution < -0.4 is 4.74 Å². The predicted octanol–water partition coefficient (Wildman–Crippen LogP) is 6.72. The molecule has 0 saturated carbocycles. The molecule has 1 aliphatic heterocycles. The Hall–Kier alpha value is -3.64. The number of hydrogen-bond donors (Lipinski definition) is 1. The summed E-state index contributed by atoms with van der Waals surface area (Å²) in [4.78, 5) is 28.1. The molecule has 5 nitrogen and oxygen atoms in total. The van der Waals surface area contributed by atoms with Crippen molar-refractivity contribution in [2.24, 2.45) is 0 Å². The van der Waals surface area contributed by atoms with E-state index in [4.69, 9.17) is 16.3 Å². The molecule has 1 saturated heterocycles. The lowest BCUT2D eigenvalue weighted by atomic mass is 9.85. The minimum Gasteiger partial charge on any atom is -0.507 e. The van der Waals surface area contributed by atoms with Crippen LogP contribution >= 0.6 is 11.6 Å². The van der Waals surface area contributed by atoms with Crippen molar-refractivity contribution in [3.05, 3.63) is 105 Å². The fourth-order valence-corrected chi connectivity index (χ4v) is 4.95. The zero-order valence-corrected chi connectivity index (χ0v) is 22.2. The van der Waals surface area contributed by atoms with Crippen LogP contribution in [0, 0.1) is 12.7 Å². The first-order chi connectivity index (χ1) is 17.4. The fourth-order valence-electron chi connectivity index (χ4n) is 4.60. The van der Waals surface area contributed by atoms with Crippen molar-refractivity contribution in [3.8, 4) is 5.75 Å².